The Hall–Kier alpha value is -3.66. The lowest BCUT2D eigenvalue weighted by atomic mass is 9.90. The average molecular weight is 593 g/mol. The summed E-state index contributed by atoms with van der Waals surface area (Å²) in [4.78, 5) is 17.2. The van der Waals surface area contributed by atoms with E-state index < -0.39 is 40.9 Å². The molecule has 1 aromatic carbocycles. The number of aromatic nitrogens is 3. The Morgan fingerprint density at radius 1 is 1.27 bits per heavy atom. The van der Waals surface area contributed by atoms with Gasteiger partial charge in [-0.3, -0.25) is 9.53 Å². The predicted octanol–water partition coefficient (Wildman–Crippen LogP) is 2.95. The Labute approximate surface area is 231 Å². The summed E-state index contributed by atoms with van der Waals surface area (Å²) in [7, 11) is -4.23. The van der Waals surface area contributed by atoms with Crippen molar-refractivity contribution in [3.63, 3.8) is 0 Å². The molecular weight excluding hydrogens is 570 g/mol. The van der Waals surface area contributed by atoms with E-state index in [4.69, 9.17) is 14.0 Å². The van der Waals surface area contributed by atoms with E-state index in [-0.39, 0.29) is 33.5 Å². The molecule has 11 nitrogen and oxygen atoms in total. The molecule has 0 radical (unpaired) electrons. The summed E-state index contributed by atoms with van der Waals surface area (Å²) >= 11 is 1.18. The molecule has 0 bridgehead atoms. The van der Waals surface area contributed by atoms with Crippen molar-refractivity contribution in [1.82, 2.24) is 14.4 Å². The van der Waals surface area contributed by atoms with Crippen molar-refractivity contribution in [2.75, 3.05) is 18.2 Å². The van der Waals surface area contributed by atoms with Crippen LogP contribution < -0.4 is 4.73 Å². The molecule has 1 aliphatic rings. The highest BCUT2D eigenvalue weighted by molar-refractivity contribution is 8.00. The molecule has 4 aromatic rings. The highest BCUT2D eigenvalue weighted by Crippen LogP contribution is 2.36. The third-order valence-corrected chi connectivity index (χ3v) is 9.39. The molecule has 1 saturated heterocycles. The minimum absolute atomic E-state index is 0.0562. The summed E-state index contributed by atoms with van der Waals surface area (Å²) < 4.78 is 71.5. The number of hydrogen-bond acceptors (Lipinski definition) is 10. The predicted molar refractivity (Wildman–Crippen MR) is 137 cm³/mol. The first kappa shape index (κ1) is 27.9. The Bertz CT molecular complexity index is 1640. The Morgan fingerprint density at radius 2 is 2.02 bits per heavy atom. The molecule has 0 amide bonds. The molecule has 40 heavy (non-hydrogen) atoms. The number of carbonyl (C=O) groups is 1. The van der Waals surface area contributed by atoms with E-state index in [1.807, 2.05) is 0 Å². The number of alkyl halides is 2. The number of halogens is 2. The lowest BCUT2D eigenvalue weighted by Crippen LogP contribution is -2.50. The number of sulfonamides is 1. The molecule has 5 rings (SSSR count). The minimum atomic E-state index is -4.23. The molecule has 2 atom stereocenters. The van der Waals surface area contributed by atoms with Crippen LogP contribution in [-0.4, -0.2) is 59.7 Å². The number of fused-ring (bicyclic) bond motifs is 1. The summed E-state index contributed by atoms with van der Waals surface area (Å²) in [5.41, 5.74) is -1.70. The van der Waals surface area contributed by atoms with Crippen LogP contribution in [0.25, 0.3) is 11.1 Å². The fraction of sp³-hybridized carbons (Fsp3) is 0.280. The van der Waals surface area contributed by atoms with E-state index in [1.165, 1.54) is 48.2 Å². The Morgan fingerprint density at radius 3 is 2.75 bits per heavy atom. The molecular formula is C25H22F2N4O7S2. The van der Waals surface area contributed by atoms with Crippen molar-refractivity contribution < 1.29 is 40.7 Å². The van der Waals surface area contributed by atoms with Gasteiger partial charge in [-0.1, -0.05) is 35.5 Å². The van der Waals surface area contributed by atoms with Gasteiger partial charge in [-0.05, 0) is 24.6 Å². The summed E-state index contributed by atoms with van der Waals surface area (Å²) in [6, 6.07) is 11.9. The standard InChI is InChI=1S/C25H22F2N4O7S2/c1-16-19-11-18(12-28-22(19)38-29-16)40(34,35)31-15-39-13-20(31)23(32)36-14-25(37-24(26)27,17-7-3-2-4-8-17)21-9-5-6-10-30(21)33/h2-12,20,24H,13-15H2,1H3. The Kier molecular flexibility index (Phi) is 7.72. The lowest BCUT2D eigenvalue weighted by Gasteiger charge is -2.32. The van der Waals surface area contributed by atoms with Crippen LogP contribution in [0.15, 0.2) is 76.4 Å². The van der Waals surface area contributed by atoms with Crippen LogP contribution in [0.3, 0.4) is 0 Å². The van der Waals surface area contributed by atoms with Gasteiger partial charge in [0.15, 0.2) is 6.20 Å². The zero-order valence-corrected chi connectivity index (χ0v) is 22.5. The molecule has 0 N–H and O–H groups in total. The molecule has 2 unspecified atom stereocenters. The maximum absolute atomic E-state index is 13.8. The van der Waals surface area contributed by atoms with Crippen molar-refractivity contribution >= 4 is 38.9 Å². The summed E-state index contributed by atoms with van der Waals surface area (Å²) in [5.74, 6) is -0.990. The van der Waals surface area contributed by atoms with E-state index >= 15 is 0 Å². The smallest absolute Gasteiger partial charge is 0.346 e. The second kappa shape index (κ2) is 11.1. The molecule has 3 aromatic heterocycles. The maximum Gasteiger partial charge on any atom is 0.346 e. The molecule has 0 spiro atoms. The number of hydrogen-bond donors (Lipinski definition) is 0. The van der Waals surface area contributed by atoms with Gasteiger partial charge in [-0.25, -0.2) is 13.4 Å². The van der Waals surface area contributed by atoms with Gasteiger partial charge < -0.3 is 14.5 Å². The molecule has 210 valence electrons. The minimum Gasteiger partial charge on any atom is -0.618 e. The monoisotopic (exact) mass is 592 g/mol. The first-order valence-corrected chi connectivity index (χ1v) is 14.4. The molecule has 15 heteroatoms. The van der Waals surface area contributed by atoms with E-state index in [0.29, 0.717) is 15.8 Å². The third-order valence-electron chi connectivity index (χ3n) is 6.39. The summed E-state index contributed by atoms with van der Waals surface area (Å²) in [6.45, 7) is -2.54. The first-order valence-electron chi connectivity index (χ1n) is 11.8. The third kappa shape index (κ3) is 5.12. The van der Waals surface area contributed by atoms with Crippen LogP contribution in [0.1, 0.15) is 17.0 Å². The second-order valence-corrected chi connectivity index (χ2v) is 11.7. The van der Waals surface area contributed by atoms with Gasteiger partial charge in [0, 0.05) is 17.9 Å². The van der Waals surface area contributed by atoms with Crippen LogP contribution in [0.4, 0.5) is 8.78 Å². The number of thioether (sulfide) groups is 1. The normalized spacial score (nSPS) is 17.8. The van der Waals surface area contributed by atoms with Gasteiger partial charge in [0.1, 0.15) is 17.5 Å². The number of pyridine rings is 2. The fourth-order valence-corrected chi connectivity index (χ4v) is 7.49. The fourth-order valence-electron chi connectivity index (χ4n) is 4.39. The number of esters is 1. The Balaban J connectivity index is 1.46. The van der Waals surface area contributed by atoms with Crippen LogP contribution >= 0.6 is 11.8 Å². The lowest BCUT2D eigenvalue weighted by molar-refractivity contribution is -0.623. The van der Waals surface area contributed by atoms with E-state index in [9.17, 15) is 27.2 Å². The number of carbonyl (C=O) groups excluding carboxylic acids is 1. The topological polar surface area (TPSA) is 139 Å². The van der Waals surface area contributed by atoms with Crippen molar-refractivity contribution in [3.05, 3.63) is 89.1 Å². The SMILES string of the molecule is Cc1noc2ncc(S(=O)(=O)N3CSCC3C(=O)OCC(OC(F)F)(c3ccccc3)c3cccc[n+]3[O-])cc12. The number of ether oxygens (including phenoxy) is 2. The number of rotatable bonds is 9. The van der Waals surface area contributed by atoms with E-state index in [0.717, 1.165) is 16.7 Å². The van der Waals surface area contributed by atoms with Crippen LogP contribution in [-0.2, 0) is 29.9 Å². The van der Waals surface area contributed by atoms with E-state index in [1.54, 1.807) is 25.1 Å². The van der Waals surface area contributed by atoms with Crippen LogP contribution in [0.5, 0.6) is 0 Å². The van der Waals surface area contributed by atoms with Crippen molar-refractivity contribution in [2.24, 2.45) is 0 Å². The van der Waals surface area contributed by atoms with Gasteiger partial charge >= 0.3 is 12.6 Å². The first-order chi connectivity index (χ1) is 19.1. The second-order valence-electron chi connectivity index (χ2n) is 8.79. The molecule has 1 fully saturated rings. The van der Waals surface area contributed by atoms with Crippen molar-refractivity contribution in [2.45, 2.75) is 30.1 Å². The van der Waals surface area contributed by atoms with Gasteiger partial charge in [0.2, 0.25) is 21.3 Å². The largest absolute Gasteiger partial charge is 0.618 e. The maximum atomic E-state index is 13.8. The molecule has 0 saturated carbocycles. The summed E-state index contributed by atoms with van der Waals surface area (Å²) in [6.07, 6.45) is 2.21. The summed E-state index contributed by atoms with van der Waals surface area (Å²) in [5, 5.41) is 16.9. The molecule has 0 aliphatic carbocycles. The van der Waals surface area contributed by atoms with E-state index in [2.05, 4.69) is 10.1 Å². The zero-order chi connectivity index (χ0) is 28.5. The van der Waals surface area contributed by atoms with Gasteiger partial charge in [-0.2, -0.15) is 17.8 Å². The quantitative estimate of drug-likeness (QED) is 0.162. The van der Waals surface area contributed by atoms with Crippen molar-refractivity contribution in [1.29, 1.82) is 0 Å². The number of aryl methyl sites for hydroxylation is 1. The molecule has 1 aliphatic heterocycles. The van der Waals surface area contributed by atoms with Gasteiger partial charge in [0.05, 0.1) is 23.2 Å². The zero-order valence-electron chi connectivity index (χ0n) is 20.8. The van der Waals surface area contributed by atoms with Crippen LogP contribution in [0.2, 0.25) is 0 Å². The van der Waals surface area contributed by atoms with Crippen LogP contribution in [0, 0.1) is 12.1 Å². The molecule has 4 heterocycles. The highest BCUT2D eigenvalue weighted by Gasteiger charge is 2.48. The highest BCUT2D eigenvalue weighted by atomic mass is 32.2. The number of nitrogens with zero attached hydrogens (tertiary/aromatic N) is 4. The number of benzene rings is 1. The van der Waals surface area contributed by atoms with Gasteiger partial charge in [-0.15, -0.1) is 11.8 Å². The average Bonchev–Trinajstić information content (AvgIpc) is 3.59. The van der Waals surface area contributed by atoms with Crippen molar-refractivity contribution in [3.8, 4) is 0 Å². The van der Waals surface area contributed by atoms with Gasteiger partial charge in [0.25, 0.3) is 5.71 Å².